The maximum atomic E-state index is 12.2. The number of aliphatic hydroxyl groups excluding tert-OH is 1. The van der Waals surface area contributed by atoms with Crippen LogP contribution in [-0.4, -0.2) is 30.3 Å². The van der Waals surface area contributed by atoms with Gasteiger partial charge in [0.05, 0.1) is 25.7 Å². The molecule has 116 valence electrons. The maximum absolute atomic E-state index is 12.2. The molecule has 4 nitrogen and oxygen atoms in total. The van der Waals surface area contributed by atoms with E-state index in [1.54, 1.807) is 7.11 Å². The fraction of sp³-hybridized carbons (Fsp3) is 0.588. The summed E-state index contributed by atoms with van der Waals surface area (Å²) < 4.78 is 5.11. The first-order valence-corrected chi connectivity index (χ1v) is 7.62. The SMILES string of the molecule is COc1ccc(CC(=O)NC2(CO)CCC(C)CC2)cc1. The minimum Gasteiger partial charge on any atom is -0.497 e. The van der Waals surface area contributed by atoms with Gasteiger partial charge in [0, 0.05) is 0 Å². The van der Waals surface area contributed by atoms with Gasteiger partial charge in [-0.05, 0) is 49.3 Å². The number of benzene rings is 1. The van der Waals surface area contributed by atoms with Crippen molar-refractivity contribution in [3.63, 3.8) is 0 Å². The van der Waals surface area contributed by atoms with Gasteiger partial charge in [-0.3, -0.25) is 4.79 Å². The van der Waals surface area contributed by atoms with Gasteiger partial charge in [-0.1, -0.05) is 19.1 Å². The van der Waals surface area contributed by atoms with Crippen LogP contribution in [0.1, 0.15) is 38.2 Å². The molecule has 1 amide bonds. The van der Waals surface area contributed by atoms with Crippen molar-refractivity contribution in [1.29, 1.82) is 0 Å². The van der Waals surface area contributed by atoms with Crippen molar-refractivity contribution < 1.29 is 14.6 Å². The Labute approximate surface area is 126 Å². The van der Waals surface area contributed by atoms with Gasteiger partial charge >= 0.3 is 0 Å². The Hall–Kier alpha value is -1.55. The lowest BCUT2D eigenvalue weighted by Crippen LogP contribution is -2.53. The van der Waals surface area contributed by atoms with Crippen LogP contribution in [0.4, 0.5) is 0 Å². The summed E-state index contributed by atoms with van der Waals surface area (Å²) in [4.78, 5) is 12.2. The number of amides is 1. The van der Waals surface area contributed by atoms with Crippen LogP contribution in [-0.2, 0) is 11.2 Å². The molecular formula is C17H25NO3. The van der Waals surface area contributed by atoms with Crippen LogP contribution in [0.2, 0.25) is 0 Å². The van der Waals surface area contributed by atoms with Crippen molar-refractivity contribution in [3.8, 4) is 5.75 Å². The van der Waals surface area contributed by atoms with Gasteiger partial charge in [0.2, 0.25) is 5.91 Å². The largest absolute Gasteiger partial charge is 0.497 e. The highest BCUT2D eigenvalue weighted by Crippen LogP contribution is 2.31. The molecule has 1 aromatic rings. The van der Waals surface area contributed by atoms with Crippen LogP contribution in [0.25, 0.3) is 0 Å². The van der Waals surface area contributed by atoms with Crippen molar-refractivity contribution in [2.75, 3.05) is 13.7 Å². The van der Waals surface area contributed by atoms with Gasteiger partial charge in [0.1, 0.15) is 5.75 Å². The molecule has 2 rings (SSSR count). The molecule has 4 heteroatoms. The molecule has 0 radical (unpaired) electrons. The summed E-state index contributed by atoms with van der Waals surface area (Å²) in [5, 5.41) is 12.7. The minimum atomic E-state index is -0.421. The molecule has 0 saturated heterocycles. The molecule has 0 unspecified atom stereocenters. The van der Waals surface area contributed by atoms with Crippen LogP contribution in [0, 0.1) is 5.92 Å². The van der Waals surface area contributed by atoms with Crippen LogP contribution in [0.3, 0.4) is 0 Å². The number of carbonyl (C=O) groups excluding carboxylic acids is 1. The van der Waals surface area contributed by atoms with E-state index in [4.69, 9.17) is 4.74 Å². The second kappa shape index (κ2) is 6.94. The van der Waals surface area contributed by atoms with Crippen molar-refractivity contribution in [2.24, 2.45) is 5.92 Å². The molecule has 1 saturated carbocycles. The van der Waals surface area contributed by atoms with Crippen molar-refractivity contribution in [3.05, 3.63) is 29.8 Å². The van der Waals surface area contributed by atoms with E-state index in [9.17, 15) is 9.90 Å². The zero-order valence-corrected chi connectivity index (χ0v) is 12.9. The number of hydrogen-bond donors (Lipinski definition) is 2. The predicted molar refractivity (Wildman–Crippen MR) is 82.3 cm³/mol. The molecule has 0 heterocycles. The van der Waals surface area contributed by atoms with Gasteiger partial charge in [-0.25, -0.2) is 0 Å². The van der Waals surface area contributed by atoms with E-state index in [0.29, 0.717) is 12.3 Å². The summed E-state index contributed by atoms with van der Waals surface area (Å²) in [5.74, 6) is 1.44. The Bertz CT molecular complexity index is 461. The van der Waals surface area contributed by atoms with Gasteiger partial charge in [0.25, 0.3) is 0 Å². The normalized spacial score (nSPS) is 25.4. The number of hydrogen-bond acceptors (Lipinski definition) is 3. The first-order chi connectivity index (χ1) is 10.1. The average molecular weight is 291 g/mol. The molecule has 2 N–H and O–H groups in total. The molecule has 21 heavy (non-hydrogen) atoms. The third-order valence-corrected chi connectivity index (χ3v) is 4.46. The number of nitrogens with one attached hydrogen (secondary N) is 1. The van der Waals surface area contributed by atoms with Crippen LogP contribution in [0.5, 0.6) is 5.75 Å². The summed E-state index contributed by atoms with van der Waals surface area (Å²) in [7, 11) is 1.62. The van der Waals surface area contributed by atoms with Gasteiger partial charge in [-0.15, -0.1) is 0 Å². The van der Waals surface area contributed by atoms with E-state index in [-0.39, 0.29) is 12.5 Å². The highest BCUT2D eigenvalue weighted by molar-refractivity contribution is 5.79. The Morgan fingerprint density at radius 2 is 1.95 bits per heavy atom. The van der Waals surface area contributed by atoms with Gasteiger partial charge in [-0.2, -0.15) is 0 Å². The Morgan fingerprint density at radius 3 is 2.48 bits per heavy atom. The Kier molecular flexibility index (Phi) is 5.23. The molecule has 1 aliphatic carbocycles. The number of aliphatic hydroxyl groups is 1. The first kappa shape index (κ1) is 15.8. The molecule has 0 atom stereocenters. The lowest BCUT2D eigenvalue weighted by molar-refractivity contribution is -0.123. The van der Waals surface area contributed by atoms with Crippen LogP contribution < -0.4 is 10.1 Å². The molecule has 1 aromatic carbocycles. The summed E-state index contributed by atoms with van der Waals surface area (Å²) in [6.07, 6.45) is 4.17. The van der Waals surface area contributed by atoms with E-state index < -0.39 is 5.54 Å². The monoisotopic (exact) mass is 291 g/mol. The molecular weight excluding hydrogens is 266 g/mol. The number of ether oxygens (including phenoxy) is 1. The standard InChI is InChI=1S/C17H25NO3/c1-13-7-9-17(12-19,10-8-13)18-16(20)11-14-3-5-15(21-2)6-4-14/h3-6,13,19H,7-12H2,1-2H3,(H,18,20). The number of methoxy groups -OCH3 is 1. The number of carbonyl (C=O) groups is 1. The molecule has 0 aliphatic heterocycles. The topological polar surface area (TPSA) is 58.6 Å². The van der Waals surface area contributed by atoms with Crippen LogP contribution >= 0.6 is 0 Å². The predicted octanol–water partition coefficient (Wildman–Crippen LogP) is 2.30. The van der Waals surface area contributed by atoms with E-state index in [1.807, 2.05) is 24.3 Å². The number of rotatable bonds is 5. The molecule has 0 aromatic heterocycles. The summed E-state index contributed by atoms with van der Waals surface area (Å²) in [6, 6.07) is 7.50. The van der Waals surface area contributed by atoms with Crippen molar-refractivity contribution in [1.82, 2.24) is 5.32 Å². The lowest BCUT2D eigenvalue weighted by Gasteiger charge is -2.38. The molecule has 1 aliphatic rings. The summed E-state index contributed by atoms with van der Waals surface area (Å²) in [6.45, 7) is 2.24. The second-order valence-corrected chi connectivity index (χ2v) is 6.19. The highest BCUT2D eigenvalue weighted by Gasteiger charge is 2.34. The van der Waals surface area contributed by atoms with E-state index in [2.05, 4.69) is 12.2 Å². The first-order valence-electron chi connectivity index (χ1n) is 7.62. The smallest absolute Gasteiger partial charge is 0.224 e. The molecule has 0 bridgehead atoms. The van der Waals surface area contributed by atoms with Crippen molar-refractivity contribution in [2.45, 2.75) is 44.6 Å². The molecule has 1 fully saturated rings. The average Bonchev–Trinajstić information content (AvgIpc) is 2.50. The second-order valence-electron chi connectivity index (χ2n) is 6.19. The molecule has 0 spiro atoms. The third kappa shape index (κ3) is 4.21. The van der Waals surface area contributed by atoms with Gasteiger partial charge < -0.3 is 15.2 Å². The summed E-state index contributed by atoms with van der Waals surface area (Å²) in [5.41, 5.74) is 0.529. The minimum absolute atomic E-state index is 0.0219. The zero-order chi connectivity index (χ0) is 15.3. The summed E-state index contributed by atoms with van der Waals surface area (Å²) >= 11 is 0. The zero-order valence-electron chi connectivity index (χ0n) is 12.9. The Morgan fingerprint density at radius 1 is 1.33 bits per heavy atom. The highest BCUT2D eigenvalue weighted by atomic mass is 16.5. The fourth-order valence-electron chi connectivity index (χ4n) is 2.91. The van der Waals surface area contributed by atoms with Gasteiger partial charge in [0.15, 0.2) is 0 Å². The Balaban J connectivity index is 1.93. The van der Waals surface area contributed by atoms with Crippen LogP contribution in [0.15, 0.2) is 24.3 Å². The van der Waals surface area contributed by atoms with Crippen molar-refractivity contribution >= 4 is 5.91 Å². The van der Waals surface area contributed by atoms with E-state index in [0.717, 1.165) is 37.0 Å². The third-order valence-electron chi connectivity index (χ3n) is 4.46. The fourth-order valence-corrected chi connectivity index (χ4v) is 2.91. The quantitative estimate of drug-likeness (QED) is 0.875. The maximum Gasteiger partial charge on any atom is 0.224 e. The van der Waals surface area contributed by atoms with E-state index in [1.165, 1.54) is 0 Å². The lowest BCUT2D eigenvalue weighted by atomic mass is 9.77. The van der Waals surface area contributed by atoms with E-state index >= 15 is 0 Å².